The van der Waals surface area contributed by atoms with E-state index in [9.17, 15) is 5.26 Å². The molecule has 0 aliphatic heterocycles. The molecule has 0 unspecified atom stereocenters. The number of nitrogens with zero attached hydrogens (tertiary/aromatic N) is 2. The number of benzene rings is 3. The molecule has 0 radical (unpaired) electrons. The van der Waals surface area contributed by atoms with Gasteiger partial charge >= 0.3 is 0 Å². The van der Waals surface area contributed by atoms with Crippen molar-refractivity contribution in [1.29, 1.82) is 5.26 Å². The van der Waals surface area contributed by atoms with Crippen LogP contribution in [0.2, 0.25) is 0 Å². The Morgan fingerprint density at radius 2 is 1.56 bits per heavy atom. The lowest BCUT2D eigenvalue weighted by Gasteiger charge is -2.07. The van der Waals surface area contributed by atoms with Crippen molar-refractivity contribution in [2.45, 2.75) is 13.8 Å². The highest BCUT2D eigenvalue weighted by molar-refractivity contribution is 6.13. The number of hydrogen-bond donors (Lipinski definition) is 0. The van der Waals surface area contributed by atoms with E-state index in [2.05, 4.69) is 41.4 Å². The Bertz CT molecular complexity index is 1120. The number of nitriles is 1. The summed E-state index contributed by atoms with van der Waals surface area (Å²) in [5.41, 5.74) is 2.38. The van der Waals surface area contributed by atoms with Crippen molar-refractivity contribution >= 4 is 33.6 Å². The zero-order chi connectivity index (χ0) is 17.4. The molecule has 0 fully saturated rings. The average molecular weight is 324 g/mol. The Balaban J connectivity index is 1.97. The molecule has 25 heavy (non-hydrogen) atoms. The summed E-state index contributed by atoms with van der Waals surface area (Å²) in [6.07, 6.45) is 1.81. The molecule has 4 rings (SSSR count). The Labute approximate surface area is 145 Å². The average Bonchev–Trinajstić information content (AvgIpc) is 2.92. The molecule has 3 aromatic carbocycles. The molecular formula is C22H16N2O. The van der Waals surface area contributed by atoms with Gasteiger partial charge < -0.3 is 4.42 Å². The Morgan fingerprint density at radius 3 is 2.16 bits per heavy atom. The van der Waals surface area contributed by atoms with Crippen LogP contribution in [-0.2, 0) is 0 Å². The van der Waals surface area contributed by atoms with Crippen molar-refractivity contribution in [3.8, 4) is 6.07 Å². The fraction of sp³-hybridized carbons (Fsp3) is 0.0909. The molecule has 0 saturated carbocycles. The van der Waals surface area contributed by atoms with Gasteiger partial charge in [-0.3, -0.25) is 0 Å². The third-order valence-corrected chi connectivity index (χ3v) is 4.60. The molecule has 4 aromatic rings. The van der Waals surface area contributed by atoms with Crippen molar-refractivity contribution in [3.63, 3.8) is 0 Å². The van der Waals surface area contributed by atoms with Crippen molar-refractivity contribution in [1.82, 2.24) is 0 Å². The van der Waals surface area contributed by atoms with Crippen LogP contribution in [0.25, 0.3) is 21.5 Å². The zero-order valence-corrected chi connectivity index (χ0v) is 14.1. The maximum absolute atomic E-state index is 9.37. The van der Waals surface area contributed by atoms with Gasteiger partial charge in [-0.2, -0.15) is 5.26 Å². The van der Waals surface area contributed by atoms with E-state index in [1.54, 1.807) is 0 Å². The zero-order valence-electron chi connectivity index (χ0n) is 14.1. The van der Waals surface area contributed by atoms with Crippen LogP contribution in [0.1, 0.15) is 22.5 Å². The second kappa shape index (κ2) is 5.92. The summed E-state index contributed by atoms with van der Waals surface area (Å²) < 4.78 is 5.66. The van der Waals surface area contributed by atoms with Gasteiger partial charge in [0.2, 0.25) is 5.88 Å². The minimum atomic E-state index is 0.370. The molecule has 3 nitrogen and oxygen atoms in total. The fourth-order valence-corrected chi connectivity index (χ4v) is 3.14. The molecule has 0 N–H and O–H groups in total. The van der Waals surface area contributed by atoms with E-state index < -0.39 is 0 Å². The van der Waals surface area contributed by atoms with Crippen LogP contribution in [0.3, 0.4) is 0 Å². The Kier molecular flexibility index (Phi) is 3.59. The van der Waals surface area contributed by atoms with Gasteiger partial charge in [0.1, 0.15) is 17.4 Å². The smallest absolute Gasteiger partial charge is 0.237 e. The quantitative estimate of drug-likeness (QED) is 0.344. The molecule has 1 heterocycles. The van der Waals surface area contributed by atoms with Gasteiger partial charge in [-0.15, -0.1) is 0 Å². The summed E-state index contributed by atoms with van der Waals surface area (Å²) in [5.74, 6) is 1.10. The van der Waals surface area contributed by atoms with Crippen LogP contribution in [0.5, 0.6) is 0 Å². The molecule has 3 heteroatoms. The molecular weight excluding hydrogens is 308 g/mol. The predicted octanol–water partition coefficient (Wildman–Crippen LogP) is 5.83. The number of aliphatic imine (C=N–C) groups is 1. The summed E-state index contributed by atoms with van der Waals surface area (Å²) in [6.45, 7) is 3.73. The minimum Gasteiger partial charge on any atom is -0.442 e. The molecule has 1 aromatic heterocycles. The highest BCUT2D eigenvalue weighted by Crippen LogP contribution is 2.30. The third kappa shape index (κ3) is 2.49. The van der Waals surface area contributed by atoms with Crippen LogP contribution in [0.15, 0.2) is 64.0 Å². The summed E-state index contributed by atoms with van der Waals surface area (Å²) >= 11 is 0. The van der Waals surface area contributed by atoms with E-state index >= 15 is 0 Å². The van der Waals surface area contributed by atoms with E-state index in [-0.39, 0.29) is 0 Å². The van der Waals surface area contributed by atoms with Gasteiger partial charge in [-0.25, -0.2) is 4.99 Å². The molecule has 0 amide bonds. The summed E-state index contributed by atoms with van der Waals surface area (Å²) in [6, 6.07) is 20.9. The van der Waals surface area contributed by atoms with Crippen LogP contribution in [-0.4, -0.2) is 6.21 Å². The SMILES string of the molecule is Cc1oc(/N=C/c2c3ccccc3cc3ccccc23)c(C#N)c1C. The molecule has 0 atom stereocenters. The second-order valence-corrected chi connectivity index (χ2v) is 6.07. The number of aryl methyl sites for hydroxylation is 1. The van der Waals surface area contributed by atoms with Gasteiger partial charge in [-0.05, 0) is 41.5 Å². The first kappa shape index (κ1) is 15.2. The predicted molar refractivity (Wildman–Crippen MR) is 102 cm³/mol. The second-order valence-electron chi connectivity index (χ2n) is 6.07. The van der Waals surface area contributed by atoms with Crippen LogP contribution >= 0.6 is 0 Å². The van der Waals surface area contributed by atoms with Crippen molar-refractivity contribution in [3.05, 3.63) is 77.0 Å². The van der Waals surface area contributed by atoms with Crippen molar-refractivity contribution < 1.29 is 4.42 Å². The normalized spacial score (nSPS) is 11.4. The van der Waals surface area contributed by atoms with Gasteiger partial charge in [-0.1, -0.05) is 48.5 Å². The van der Waals surface area contributed by atoms with E-state index in [4.69, 9.17) is 4.42 Å². The first-order valence-electron chi connectivity index (χ1n) is 8.13. The number of furan rings is 1. The fourth-order valence-electron chi connectivity index (χ4n) is 3.14. The number of rotatable bonds is 2. The first-order valence-corrected chi connectivity index (χ1v) is 8.13. The highest BCUT2D eigenvalue weighted by atomic mass is 16.4. The van der Waals surface area contributed by atoms with Crippen molar-refractivity contribution in [2.24, 2.45) is 4.99 Å². The summed E-state index contributed by atoms with van der Waals surface area (Å²) in [5, 5.41) is 13.9. The first-order chi connectivity index (χ1) is 12.2. The van der Waals surface area contributed by atoms with Gasteiger partial charge in [0.15, 0.2) is 0 Å². The van der Waals surface area contributed by atoms with E-state index in [0.29, 0.717) is 11.4 Å². The number of fused-ring (bicyclic) bond motifs is 2. The van der Waals surface area contributed by atoms with Crippen LogP contribution < -0.4 is 0 Å². The van der Waals surface area contributed by atoms with E-state index in [1.807, 2.05) is 44.3 Å². The van der Waals surface area contributed by atoms with Crippen LogP contribution in [0, 0.1) is 25.2 Å². The third-order valence-electron chi connectivity index (χ3n) is 4.60. The largest absolute Gasteiger partial charge is 0.442 e. The minimum absolute atomic E-state index is 0.370. The van der Waals surface area contributed by atoms with E-state index in [1.165, 1.54) is 0 Å². The molecule has 0 bridgehead atoms. The van der Waals surface area contributed by atoms with Gasteiger partial charge in [0.05, 0.1) is 0 Å². The summed E-state index contributed by atoms with van der Waals surface area (Å²) in [4.78, 5) is 4.52. The maximum atomic E-state index is 9.37. The maximum Gasteiger partial charge on any atom is 0.237 e. The topological polar surface area (TPSA) is 49.3 Å². The lowest BCUT2D eigenvalue weighted by Crippen LogP contribution is -1.88. The lowest BCUT2D eigenvalue weighted by atomic mass is 9.97. The molecule has 0 spiro atoms. The monoisotopic (exact) mass is 324 g/mol. The Hall–Kier alpha value is -3.38. The summed E-state index contributed by atoms with van der Waals surface area (Å²) in [7, 11) is 0. The molecule has 120 valence electrons. The van der Waals surface area contributed by atoms with Gasteiger partial charge in [0.25, 0.3) is 0 Å². The van der Waals surface area contributed by atoms with E-state index in [0.717, 1.165) is 38.4 Å². The Morgan fingerprint density at radius 1 is 0.960 bits per heavy atom. The van der Waals surface area contributed by atoms with Gasteiger partial charge in [0, 0.05) is 17.3 Å². The molecule has 0 aliphatic rings. The highest BCUT2D eigenvalue weighted by Gasteiger charge is 2.13. The molecule has 0 saturated heterocycles. The standard InChI is InChI=1S/C22H16N2O/c1-14-15(2)25-22(20(14)12-23)24-13-21-18-9-5-3-7-16(18)11-17-8-4-6-10-19(17)21/h3-11,13H,1-2H3/b24-13+. The van der Waals surface area contributed by atoms with Crippen LogP contribution in [0.4, 0.5) is 5.88 Å². The number of hydrogen-bond acceptors (Lipinski definition) is 3. The lowest BCUT2D eigenvalue weighted by molar-refractivity contribution is 0.542. The van der Waals surface area contributed by atoms with Crippen molar-refractivity contribution in [2.75, 3.05) is 0 Å². The molecule has 0 aliphatic carbocycles.